The number of halogens is 2. The van der Waals surface area contributed by atoms with Gasteiger partial charge in [-0.1, -0.05) is 11.6 Å². The molecule has 0 saturated carbocycles. The van der Waals surface area contributed by atoms with E-state index in [-0.39, 0.29) is 11.4 Å². The van der Waals surface area contributed by atoms with Crippen molar-refractivity contribution in [3.05, 3.63) is 59.0 Å². The number of ether oxygens (including phenoxy) is 3. The molecule has 0 spiro atoms. The molecule has 0 unspecified atom stereocenters. The predicted molar refractivity (Wildman–Crippen MR) is 105 cm³/mol. The Labute approximate surface area is 170 Å². The lowest BCUT2D eigenvalue weighted by Gasteiger charge is -2.13. The zero-order valence-electron chi connectivity index (χ0n) is 15.5. The van der Waals surface area contributed by atoms with Crippen LogP contribution in [0.4, 0.5) is 10.1 Å². The second kappa shape index (κ2) is 8.74. The maximum Gasteiger partial charge on any atom is 0.356 e. The summed E-state index contributed by atoms with van der Waals surface area (Å²) < 4.78 is 29.1. The van der Waals surface area contributed by atoms with Gasteiger partial charge in [0.25, 0.3) is 5.91 Å². The number of pyridine rings is 1. The fraction of sp³-hybridized carbons (Fsp3) is 0.150. The summed E-state index contributed by atoms with van der Waals surface area (Å²) in [5.74, 6) is -1.17. The molecule has 1 aromatic heterocycles. The third kappa shape index (κ3) is 4.72. The monoisotopic (exact) mass is 418 g/mol. The van der Waals surface area contributed by atoms with Crippen molar-refractivity contribution in [2.24, 2.45) is 0 Å². The number of amides is 1. The second-order valence-electron chi connectivity index (χ2n) is 5.84. The molecule has 0 atom stereocenters. The molecule has 3 aromatic rings. The molecule has 0 aliphatic heterocycles. The van der Waals surface area contributed by atoms with Gasteiger partial charge in [0, 0.05) is 16.5 Å². The standard InChI is InChI=1S/C20H16ClFN2O5/c1-27-17-6-3-11(21)7-15(17)24-19(25)10-29-18-9-16(20(26)28-2)23-14-5-4-12(22)8-13(14)18/h3-9H,10H2,1-2H3,(H,24,25). The van der Waals surface area contributed by atoms with Crippen LogP contribution in [0, 0.1) is 5.82 Å². The minimum absolute atomic E-state index is 0.0291. The summed E-state index contributed by atoms with van der Waals surface area (Å²) in [6.07, 6.45) is 0. The Bertz CT molecular complexity index is 1090. The number of carbonyl (C=O) groups excluding carboxylic acids is 2. The zero-order valence-corrected chi connectivity index (χ0v) is 16.2. The lowest BCUT2D eigenvalue weighted by molar-refractivity contribution is -0.118. The largest absolute Gasteiger partial charge is 0.495 e. The van der Waals surface area contributed by atoms with E-state index in [0.717, 1.165) is 0 Å². The second-order valence-corrected chi connectivity index (χ2v) is 6.28. The van der Waals surface area contributed by atoms with E-state index in [0.29, 0.717) is 27.4 Å². The number of rotatable bonds is 6. The van der Waals surface area contributed by atoms with Gasteiger partial charge < -0.3 is 19.5 Å². The summed E-state index contributed by atoms with van der Waals surface area (Å²) >= 11 is 5.95. The number of hydrogen-bond acceptors (Lipinski definition) is 6. The Morgan fingerprint density at radius 2 is 1.90 bits per heavy atom. The minimum Gasteiger partial charge on any atom is -0.495 e. The molecular formula is C20H16ClFN2O5. The molecule has 0 aliphatic carbocycles. The molecule has 0 bridgehead atoms. The highest BCUT2D eigenvalue weighted by molar-refractivity contribution is 6.31. The van der Waals surface area contributed by atoms with Crippen molar-refractivity contribution in [2.75, 3.05) is 26.1 Å². The third-order valence-corrected chi connectivity index (χ3v) is 4.16. The predicted octanol–water partition coefficient (Wildman–Crippen LogP) is 3.84. The molecule has 7 nitrogen and oxygen atoms in total. The molecular weight excluding hydrogens is 403 g/mol. The summed E-state index contributed by atoms with van der Waals surface area (Å²) in [6.45, 7) is -0.411. The van der Waals surface area contributed by atoms with Crippen LogP contribution in [0.25, 0.3) is 10.9 Å². The van der Waals surface area contributed by atoms with Crippen molar-refractivity contribution in [1.82, 2.24) is 4.98 Å². The highest BCUT2D eigenvalue weighted by Crippen LogP contribution is 2.29. The summed E-state index contributed by atoms with van der Waals surface area (Å²) in [6, 6.07) is 9.88. The van der Waals surface area contributed by atoms with Crippen LogP contribution in [0.15, 0.2) is 42.5 Å². The average molecular weight is 419 g/mol. The molecule has 0 radical (unpaired) electrons. The molecule has 150 valence electrons. The Kier molecular flexibility index (Phi) is 6.13. The molecule has 9 heteroatoms. The number of esters is 1. The zero-order chi connectivity index (χ0) is 21.0. The number of methoxy groups -OCH3 is 2. The SMILES string of the molecule is COC(=O)c1cc(OCC(=O)Nc2cc(Cl)ccc2OC)c2cc(F)ccc2n1. The maximum absolute atomic E-state index is 13.7. The first kappa shape index (κ1) is 20.3. The van der Waals surface area contributed by atoms with Crippen LogP contribution in [0.5, 0.6) is 11.5 Å². The van der Waals surface area contributed by atoms with Crippen LogP contribution in [0.3, 0.4) is 0 Å². The molecule has 1 N–H and O–H groups in total. The van der Waals surface area contributed by atoms with Crippen LogP contribution < -0.4 is 14.8 Å². The van der Waals surface area contributed by atoms with Crippen molar-refractivity contribution < 1.29 is 28.2 Å². The highest BCUT2D eigenvalue weighted by atomic mass is 35.5. The number of carbonyl (C=O) groups is 2. The lowest BCUT2D eigenvalue weighted by Crippen LogP contribution is -2.21. The van der Waals surface area contributed by atoms with Crippen LogP contribution in [0.1, 0.15) is 10.5 Å². The first-order valence-electron chi connectivity index (χ1n) is 8.36. The summed E-state index contributed by atoms with van der Waals surface area (Å²) in [7, 11) is 2.67. The molecule has 1 heterocycles. The summed E-state index contributed by atoms with van der Waals surface area (Å²) in [5, 5.41) is 3.35. The van der Waals surface area contributed by atoms with E-state index in [1.54, 1.807) is 12.1 Å². The van der Waals surface area contributed by atoms with Crippen molar-refractivity contribution in [2.45, 2.75) is 0 Å². The van der Waals surface area contributed by atoms with Gasteiger partial charge in [-0.15, -0.1) is 0 Å². The number of hydrogen-bond donors (Lipinski definition) is 1. The van der Waals surface area contributed by atoms with E-state index in [2.05, 4.69) is 15.0 Å². The average Bonchev–Trinajstić information content (AvgIpc) is 2.71. The van der Waals surface area contributed by atoms with E-state index in [4.69, 9.17) is 21.1 Å². The molecule has 2 aromatic carbocycles. The van der Waals surface area contributed by atoms with Gasteiger partial charge in [-0.3, -0.25) is 4.79 Å². The topological polar surface area (TPSA) is 86.8 Å². The van der Waals surface area contributed by atoms with Crippen molar-refractivity contribution in [1.29, 1.82) is 0 Å². The van der Waals surface area contributed by atoms with Gasteiger partial charge in [-0.25, -0.2) is 14.2 Å². The first-order chi connectivity index (χ1) is 13.9. The highest BCUT2D eigenvalue weighted by Gasteiger charge is 2.16. The van der Waals surface area contributed by atoms with Crippen LogP contribution in [-0.2, 0) is 9.53 Å². The molecule has 0 saturated heterocycles. The molecule has 3 rings (SSSR count). The van der Waals surface area contributed by atoms with Crippen LogP contribution >= 0.6 is 11.6 Å². The van der Waals surface area contributed by atoms with E-state index in [9.17, 15) is 14.0 Å². The Morgan fingerprint density at radius 1 is 1.10 bits per heavy atom. The van der Waals surface area contributed by atoms with E-state index in [1.807, 2.05) is 0 Å². The van der Waals surface area contributed by atoms with Gasteiger partial charge in [0.15, 0.2) is 12.3 Å². The van der Waals surface area contributed by atoms with Gasteiger partial charge in [-0.2, -0.15) is 0 Å². The Morgan fingerprint density at radius 3 is 2.62 bits per heavy atom. The van der Waals surface area contributed by atoms with E-state index >= 15 is 0 Å². The number of aromatic nitrogens is 1. The van der Waals surface area contributed by atoms with Crippen LogP contribution in [-0.4, -0.2) is 37.7 Å². The van der Waals surface area contributed by atoms with Gasteiger partial charge >= 0.3 is 5.97 Å². The third-order valence-electron chi connectivity index (χ3n) is 3.92. The normalized spacial score (nSPS) is 10.5. The first-order valence-corrected chi connectivity index (χ1v) is 8.74. The van der Waals surface area contributed by atoms with Gasteiger partial charge in [0.05, 0.1) is 25.4 Å². The summed E-state index contributed by atoms with van der Waals surface area (Å²) in [4.78, 5) is 28.3. The lowest BCUT2D eigenvalue weighted by atomic mass is 10.1. The fourth-order valence-electron chi connectivity index (χ4n) is 2.60. The Balaban J connectivity index is 1.84. The maximum atomic E-state index is 13.7. The molecule has 29 heavy (non-hydrogen) atoms. The number of anilines is 1. The Hall–Kier alpha value is -3.39. The van der Waals surface area contributed by atoms with Crippen molar-refractivity contribution in [3.63, 3.8) is 0 Å². The number of nitrogens with zero attached hydrogens (tertiary/aromatic N) is 1. The smallest absolute Gasteiger partial charge is 0.356 e. The number of nitrogens with one attached hydrogen (secondary N) is 1. The van der Waals surface area contributed by atoms with E-state index < -0.39 is 24.3 Å². The fourth-order valence-corrected chi connectivity index (χ4v) is 2.78. The molecule has 0 fully saturated rings. The van der Waals surface area contributed by atoms with E-state index in [1.165, 1.54) is 44.6 Å². The number of benzene rings is 2. The van der Waals surface area contributed by atoms with Crippen molar-refractivity contribution >= 4 is 40.1 Å². The molecule has 0 aliphatic rings. The van der Waals surface area contributed by atoms with Gasteiger partial charge in [0.1, 0.15) is 17.3 Å². The van der Waals surface area contributed by atoms with Gasteiger partial charge in [0.2, 0.25) is 0 Å². The number of fused-ring (bicyclic) bond motifs is 1. The van der Waals surface area contributed by atoms with Crippen molar-refractivity contribution in [3.8, 4) is 11.5 Å². The molecule has 1 amide bonds. The quantitative estimate of drug-likeness (QED) is 0.612. The summed E-state index contributed by atoms with van der Waals surface area (Å²) in [5.41, 5.74) is 0.661. The van der Waals surface area contributed by atoms with Gasteiger partial charge in [-0.05, 0) is 36.4 Å². The van der Waals surface area contributed by atoms with Crippen LogP contribution in [0.2, 0.25) is 5.02 Å². The minimum atomic E-state index is -0.686.